The van der Waals surface area contributed by atoms with Gasteiger partial charge in [-0.1, -0.05) is 36.4 Å². The lowest BCUT2D eigenvalue weighted by molar-refractivity contribution is 0.0681. The summed E-state index contributed by atoms with van der Waals surface area (Å²) in [7, 11) is 0. The van der Waals surface area contributed by atoms with Crippen LogP contribution in [0.25, 0.3) is 16.9 Å². The van der Waals surface area contributed by atoms with Gasteiger partial charge in [0.1, 0.15) is 17.9 Å². The van der Waals surface area contributed by atoms with Crippen molar-refractivity contribution in [3.63, 3.8) is 0 Å². The zero-order valence-electron chi connectivity index (χ0n) is 17.8. The quantitative estimate of drug-likeness (QED) is 0.489. The second-order valence-corrected chi connectivity index (χ2v) is 7.89. The van der Waals surface area contributed by atoms with Crippen molar-refractivity contribution in [1.29, 1.82) is 0 Å². The summed E-state index contributed by atoms with van der Waals surface area (Å²) in [5.41, 5.74) is 4.42. The molecule has 7 nitrogen and oxygen atoms in total. The molecule has 32 heavy (non-hydrogen) atoms. The molecule has 0 aliphatic carbocycles. The van der Waals surface area contributed by atoms with Gasteiger partial charge in [0, 0.05) is 18.4 Å². The molecule has 0 radical (unpaired) electrons. The number of rotatable bonds is 6. The van der Waals surface area contributed by atoms with Crippen LogP contribution >= 0.6 is 0 Å². The number of nitrogens with zero attached hydrogens (tertiary/aromatic N) is 3. The fourth-order valence-corrected chi connectivity index (χ4v) is 3.88. The van der Waals surface area contributed by atoms with Crippen molar-refractivity contribution in [2.75, 3.05) is 18.5 Å². The molecule has 1 atom stereocenters. The van der Waals surface area contributed by atoms with Crippen LogP contribution in [0.1, 0.15) is 28.8 Å². The van der Waals surface area contributed by atoms with E-state index in [4.69, 9.17) is 9.47 Å². The van der Waals surface area contributed by atoms with E-state index >= 15 is 0 Å². The van der Waals surface area contributed by atoms with Gasteiger partial charge in [0.2, 0.25) is 0 Å². The molecule has 0 spiro atoms. The Kier molecular flexibility index (Phi) is 5.56. The Morgan fingerprint density at radius 1 is 1.22 bits per heavy atom. The molecule has 0 bridgehead atoms. The van der Waals surface area contributed by atoms with Crippen LogP contribution in [-0.4, -0.2) is 39.8 Å². The summed E-state index contributed by atoms with van der Waals surface area (Å²) in [6, 6.07) is 17.5. The number of anilines is 1. The molecule has 0 saturated carbocycles. The van der Waals surface area contributed by atoms with E-state index in [0.29, 0.717) is 29.3 Å². The molecule has 2 aromatic carbocycles. The van der Waals surface area contributed by atoms with Gasteiger partial charge in [0.05, 0.1) is 23.7 Å². The maximum absolute atomic E-state index is 13.1. The van der Waals surface area contributed by atoms with Crippen LogP contribution in [0.15, 0.2) is 67.0 Å². The highest BCUT2D eigenvalue weighted by molar-refractivity contribution is 6.08. The molecule has 1 saturated heterocycles. The van der Waals surface area contributed by atoms with Crippen molar-refractivity contribution in [3.05, 3.63) is 78.1 Å². The minimum Gasteiger partial charge on any atom is -0.489 e. The van der Waals surface area contributed by atoms with Gasteiger partial charge in [-0.15, -0.1) is 0 Å². The summed E-state index contributed by atoms with van der Waals surface area (Å²) in [4.78, 5) is 17.6. The Bertz CT molecular complexity index is 1250. The van der Waals surface area contributed by atoms with E-state index in [0.717, 1.165) is 36.3 Å². The second kappa shape index (κ2) is 8.80. The number of aryl methyl sites for hydroxylation is 1. The Morgan fingerprint density at radius 3 is 2.91 bits per heavy atom. The van der Waals surface area contributed by atoms with Crippen LogP contribution in [0, 0.1) is 6.92 Å². The number of hydrogen-bond donors (Lipinski definition) is 1. The first-order valence-electron chi connectivity index (χ1n) is 10.7. The zero-order chi connectivity index (χ0) is 21.9. The van der Waals surface area contributed by atoms with Crippen LogP contribution in [0.3, 0.4) is 0 Å². The second-order valence-electron chi connectivity index (χ2n) is 7.89. The summed E-state index contributed by atoms with van der Waals surface area (Å²) in [5.74, 6) is 0.340. The number of carbonyl (C=O) groups is 1. The summed E-state index contributed by atoms with van der Waals surface area (Å²) < 4.78 is 13.3. The third kappa shape index (κ3) is 4.07. The van der Waals surface area contributed by atoms with E-state index in [1.165, 1.54) is 0 Å². The molecule has 1 fully saturated rings. The molecule has 3 heterocycles. The zero-order valence-corrected chi connectivity index (χ0v) is 17.8. The molecule has 1 unspecified atom stereocenters. The summed E-state index contributed by atoms with van der Waals surface area (Å²) in [6.45, 7) is 3.23. The average Bonchev–Trinajstić information content (AvgIpc) is 3.49. The first-order valence-corrected chi connectivity index (χ1v) is 10.7. The van der Waals surface area contributed by atoms with Crippen molar-refractivity contribution >= 4 is 17.2 Å². The van der Waals surface area contributed by atoms with Crippen molar-refractivity contribution in [2.24, 2.45) is 0 Å². The van der Waals surface area contributed by atoms with Gasteiger partial charge in [0.25, 0.3) is 5.91 Å². The average molecular weight is 428 g/mol. The summed E-state index contributed by atoms with van der Waals surface area (Å²) in [5, 5.41) is 7.40. The van der Waals surface area contributed by atoms with E-state index in [9.17, 15) is 4.79 Å². The van der Waals surface area contributed by atoms with Crippen molar-refractivity contribution in [2.45, 2.75) is 25.9 Å². The normalized spacial score (nSPS) is 15.7. The molecular weight excluding hydrogens is 404 g/mol. The number of ether oxygens (including phenoxy) is 2. The van der Waals surface area contributed by atoms with Crippen molar-refractivity contribution in [3.8, 4) is 17.0 Å². The molecular formula is C25H24N4O3. The topological polar surface area (TPSA) is 77.8 Å². The van der Waals surface area contributed by atoms with Crippen LogP contribution in [-0.2, 0) is 4.74 Å². The van der Waals surface area contributed by atoms with Crippen molar-refractivity contribution < 1.29 is 14.3 Å². The van der Waals surface area contributed by atoms with Gasteiger partial charge in [-0.3, -0.25) is 4.79 Å². The van der Waals surface area contributed by atoms with E-state index < -0.39 is 0 Å². The minimum absolute atomic E-state index is 0.0966. The molecule has 162 valence electrons. The number of fused-ring (bicyclic) bond motifs is 1. The van der Waals surface area contributed by atoms with E-state index in [1.807, 2.05) is 61.5 Å². The fourth-order valence-electron chi connectivity index (χ4n) is 3.88. The van der Waals surface area contributed by atoms with E-state index in [1.54, 1.807) is 16.9 Å². The van der Waals surface area contributed by atoms with Gasteiger partial charge in [-0.2, -0.15) is 5.10 Å². The number of nitrogens with one attached hydrogen (secondary N) is 1. The number of hydrogen-bond acceptors (Lipinski definition) is 5. The molecule has 5 rings (SSSR count). The van der Waals surface area contributed by atoms with Gasteiger partial charge in [-0.05, 0) is 43.5 Å². The number of aromatic nitrogens is 3. The van der Waals surface area contributed by atoms with Gasteiger partial charge >= 0.3 is 0 Å². The molecule has 1 aliphatic rings. The van der Waals surface area contributed by atoms with Crippen molar-refractivity contribution in [1.82, 2.24) is 14.6 Å². The Morgan fingerprint density at radius 2 is 2.09 bits per heavy atom. The molecule has 1 N–H and O–H groups in total. The number of benzene rings is 2. The van der Waals surface area contributed by atoms with Crippen LogP contribution in [0.4, 0.5) is 5.69 Å². The lowest BCUT2D eigenvalue weighted by atomic mass is 10.1. The Balaban J connectivity index is 1.41. The largest absolute Gasteiger partial charge is 0.489 e. The predicted octanol–water partition coefficient (Wildman–Crippen LogP) is 4.51. The van der Waals surface area contributed by atoms with Gasteiger partial charge in [0.15, 0.2) is 5.65 Å². The Hall–Kier alpha value is -3.71. The van der Waals surface area contributed by atoms with Crippen LogP contribution in [0.2, 0.25) is 0 Å². The monoisotopic (exact) mass is 428 g/mol. The smallest absolute Gasteiger partial charge is 0.261 e. The van der Waals surface area contributed by atoms with Gasteiger partial charge in [-0.25, -0.2) is 9.50 Å². The maximum Gasteiger partial charge on any atom is 0.261 e. The highest BCUT2D eigenvalue weighted by atomic mass is 16.5. The van der Waals surface area contributed by atoms with Gasteiger partial charge < -0.3 is 14.8 Å². The fraction of sp³-hybridized carbons (Fsp3) is 0.240. The number of amides is 1. The molecule has 2 aromatic heterocycles. The highest BCUT2D eigenvalue weighted by Gasteiger charge is 2.20. The maximum atomic E-state index is 13.1. The van der Waals surface area contributed by atoms with Crippen LogP contribution < -0.4 is 10.1 Å². The minimum atomic E-state index is -0.288. The lowest BCUT2D eigenvalue weighted by Gasteiger charge is -2.15. The third-order valence-corrected chi connectivity index (χ3v) is 5.55. The van der Waals surface area contributed by atoms with Crippen LogP contribution in [0.5, 0.6) is 5.75 Å². The lowest BCUT2D eigenvalue weighted by Crippen LogP contribution is -2.18. The SMILES string of the molecule is Cc1ccc(NC(=O)c2cnn3c(-c4ccccc4)ccnc23)c(OCC2CCCO2)c1. The van der Waals surface area contributed by atoms with E-state index in [2.05, 4.69) is 15.4 Å². The summed E-state index contributed by atoms with van der Waals surface area (Å²) in [6.07, 6.45) is 5.38. The number of carbonyl (C=O) groups excluding carboxylic acids is 1. The first kappa shape index (κ1) is 20.2. The predicted molar refractivity (Wildman–Crippen MR) is 122 cm³/mol. The third-order valence-electron chi connectivity index (χ3n) is 5.55. The molecule has 1 amide bonds. The molecule has 1 aliphatic heterocycles. The summed E-state index contributed by atoms with van der Waals surface area (Å²) >= 11 is 0. The highest BCUT2D eigenvalue weighted by Crippen LogP contribution is 2.28. The first-order chi connectivity index (χ1) is 15.7. The van der Waals surface area contributed by atoms with E-state index in [-0.39, 0.29) is 12.0 Å². The standard InChI is InChI=1S/C25H24N4O3/c1-17-9-10-21(23(14-17)32-16-19-8-5-13-31-19)28-25(30)20-15-27-29-22(11-12-26-24(20)29)18-6-3-2-4-7-18/h2-4,6-7,9-12,14-15,19H,5,8,13,16H2,1H3,(H,28,30). The Labute approximate surface area is 186 Å². The molecule has 7 heteroatoms. The molecule has 4 aromatic rings.